The van der Waals surface area contributed by atoms with Gasteiger partial charge in [0.15, 0.2) is 0 Å². The first-order chi connectivity index (χ1) is 6.50. The fourth-order valence-electron chi connectivity index (χ4n) is 1.26. The zero-order valence-electron chi connectivity index (χ0n) is 8.85. The molecule has 0 aromatic heterocycles. The van der Waals surface area contributed by atoms with E-state index in [4.69, 9.17) is 0 Å². The molecule has 0 aliphatic carbocycles. The maximum Gasteiger partial charge on any atom is 0.221 e. The van der Waals surface area contributed by atoms with Crippen LogP contribution in [0, 0.1) is 6.92 Å². The van der Waals surface area contributed by atoms with Crippen molar-refractivity contribution >= 4 is 17.2 Å². The molecule has 1 N–H and O–H groups in total. The van der Waals surface area contributed by atoms with Crippen LogP contribution in [-0.2, 0) is 4.79 Å². The second kappa shape index (κ2) is 4.09. The number of rotatable bonds is 2. The molecule has 0 atom stereocenters. The first-order valence-corrected chi connectivity index (χ1v) is 4.55. The lowest BCUT2D eigenvalue weighted by atomic mass is 10.0. The van der Waals surface area contributed by atoms with Crippen molar-refractivity contribution in [3.8, 4) is 0 Å². The van der Waals surface area contributed by atoms with Crippen LogP contribution in [0.1, 0.15) is 25.0 Å². The number of allylic oxidation sites excluding steroid dienone is 1. The highest BCUT2D eigenvalue weighted by Crippen LogP contribution is 2.20. The van der Waals surface area contributed by atoms with E-state index in [-0.39, 0.29) is 5.91 Å². The van der Waals surface area contributed by atoms with E-state index in [1.807, 2.05) is 32.0 Å². The van der Waals surface area contributed by atoms with Crippen LogP contribution >= 0.6 is 0 Å². The molecule has 1 aromatic rings. The predicted octanol–water partition coefficient (Wildman–Crippen LogP) is 2.99. The molecular weight excluding hydrogens is 174 g/mol. The van der Waals surface area contributed by atoms with Gasteiger partial charge in [-0.15, -0.1) is 0 Å². The first-order valence-electron chi connectivity index (χ1n) is 4.55. The Labute approximate surface area is 84.6 Å². The van der Waals surface area contributed by atoms with Gasteiger partial charge in [0, 0.05) is 12.6 Å². The van der Waals surface area contributed by atoms with E-state index in [0.717, 1.165) is 22.4 Å². The van der Waals surface area contributed by atoms with Crippen LogP contribution in [0.4, 0.5) is 5.69 Å². The summed E-state index contributed by atoms with van der Waals surface area (Å²) in [5.74, 6) is -0.0452. The minimum Gasteiger partial charge on any atom is -0.326 e. The fourth-order valence-corrected chi connectivity index (χ4v) is 1.26. The normalized spacial score (nSPS) is 9.64. The summed E-state index contributed by atoms with van der Waals surface area (Å²) >= 11 is 0. The molecule has 2 heteroatoms. The van der Waals surface area contributed by atoms with E-state index < -0.39 is 0 Å². The second-order valence-electron chi connectivity index (χ2n) is 3.49. The third kappa shape index (κ3) is 2.46. The Morgan fingerprint density at radius 1 is 1.36 bits per heavy atom. The number of carbonyl (C=O) groups excluding carboxylic acids is 1. The Kier molecular flexibility index (Phi) is 3.07. The Hall–Kier alpha value is -1.57. The topological polar surface area (TPSA) is 29.1 Å². The first kappa shape index (κ1) is 10.5. The highest BCUT2D eigenvalue weighted by atomic mass is 16.1. The third-order valence-electron chi connectivity index (χ3n) is 2.03. The molecule has 0 aliphatic heterocycles. The number of carbonyl (C=O) groups is 1. The van der Waals surface area contributed by atoms with Crippen molar-refractivity contribution in [3.05, 3.63) is 35.9 Å². The number of anilines is 1. The summed E-state index contributed by atoms with van der Waals surface area (Å²) in [5, 5.41) is 2.77. The van der Waals surface area contributed by atoms with Gasteiger partial charge in [-0.3, -0.25) is 4.79 Å². The lowest BCUT2D eigenvalue weighted by molar-refractivity contribution is -0.114. The van der Waals surface area contributed by atoms with Gasteiger partial charge in [0.05, 0.1) is 0 Å². The summed E-state index contributed by atoms with van der Waals surface area (Å²) in [6.07, 6.45) is 0. The molecule has 1 amide bonds. The van der Waals surface area contributed by atoms with Gasteiger partial charge in [-0.05, 0) is 37.1 Å². The molecule has 14 heavy (non-hydrogen) atoms. The van der Waals surface area contributed by atoms with E-state index in [2.05, 4.69) is 11.9 Å². The molecule has 0 spiro atoms. The summed E-state index contributed by atoms with van der Waals surface area (Å²) in [6, 6.07) is 5.88. The maximum atomic E-state index is 10.9. The second-order valence-corrected chi connectivity index (χ2v) is 3.49. The standard InChI is InChI=1S/C12H15NO/c1-8(2)11-5-6-12(9(3)7-11)13-10(4)14/h5-7H,1H2,2-4H3,(H,13,14). The summed E-state index contributed by atoms with van der Waals surface area (Å²) < 4.78 is 0. The van der Waals surface area contributed by atoms with Crippen molar-refractivity contribution in [1.82, 2.24) is 0 Å². The molecule has 0 radical (unpaired) electrons. The van der Waals surface area contributed by atoms with Crippen LogP contribution in [-0.4, -0.2) is 5.91 Å². The van der Waals surface area contributed by atoms with Crippen molar-refractivity contribution in [3.63, 3.8) is 0 Å². The number of hydrogen-bond acceptors (Lipinski definition) is 1. The summed E-state index contributed by atoms with van der Waals surface area (Å²) in [7, 11) is 0. The van der Waals surface area contributed by atoms with Gasteiger partial charge in [-0.25, -0.2) is 0 Å². The van der Waals surface area contributed by atoms with Gasteiger partial charge in [-0.1, -0.05) is 18.2 Å². The number of amides is 1. The molecule has 0 heterocycles. The predicted molar refractivity (Wildman–Crippen MR) is 60.2 cm³/mol. The molecule has 1 rings (SSSR count). The van der Waals surface area contributed by atoms with Gasteiger partial charge in [0.1, 0.15) is 0 Å². The van der Waals surface area contributed by atoms with Crippen molar-refractivity contribution in [2.24, 2.45) is 0 Å². The van der Waals surface area contributed by atoms with E-state index in [0.29, 0.717) is 0 Å². The van der Waals surface area contributed by atoms with Crippen molar-refractivity contribution in [1.29, 1.82) is 0 Å². The van der Waals surface area contributed by atoms with Crippen molar-refractivity contribution < 1.29 is 4.79 Å². The largest absolute Gasteiger partial charge is 0.326 e. The van der Waals surface area contributed by atoms with Gasteiger partial charge >= 0.3 is 0 Å². The molecular formula is C12H15NO. The molecule has 1 aromatic carbocycles. The van der Waals surface area contributed by atoms with Gasteiger partial charge in [0.25, 0.3) is 0 Å². The maximum absolute atomic E-state index is 10.9. The van der Waals surface area contributed by atoms with Gasteiger partial charge < -0.3 is 5.32 Å². The summed E-state index contributed by atoms with van der Waals surface area (Å²) in [6.45, 7) is 9.31. The Morgan fingerprint density at radius 3 is 2.43 bits per heavy atom. The summed E-state index contributed by atoms with van der Waals surface area (Å²) in [5.41, 5.74) is 4.06. The minimum absolute atomic E-state index is 0.0452. The lowest BCUT2D eigenvalue weighted by Gasteiger charge is -2.08. The SMILES string of the molecule is C=C(C)c1ccc(NC(C)=O)c(C)c1. The highest BCUT2D eigenvalue weighted by Gasteiger charge is 2.01. The molecule has 2 nitrogen and oxygen atoms in total. The van der Waals surface area contributed by atoms with Crippen LogP contribution in [0.2, 0.25) is 0 Å². The zero-order chi connectivity index (χ0) is 10.7. The van der Waals surface area contributed by atoms with E-state index in [1.165, 1.54) is 6.92 Å². The minimum atomic E-state index is -0.0452. The van der Waals surface area contributed by atoms with Gasteiger partial charge in [0.2, 0.25) is 5.91 Å². The quantitative estimate of drug-likeness (QED) is 0.761. The highest BCUT2D eigenvalue weighted by molar-refractivity contribution is 5.89. The molecule has 0 unspecified atom stereocenters. The van der Waals surface area contributed by atoms with Crippen LogP contribution < -0.4 is 5.32 Å². The van der Waals surface area contributed by atoms with Crippen LogP contribution in [0.15, 0.2) is 24.8 Å². The number of aryl methyl sites for hydroxylation is 1. The summed E-state index contributed by atoms with van der Waals surface area (Å²) in [4.78, 5) is 10.9. The lowest BCUT2D eigenvalue weighted by Crippen LogP contribution is -2.07. The number of benzene rings is 1. The smallest absolute Gasteiger partial charge is 0.221 e. The Morgan fingerprint density at radius 2 is 2.00 bits per heavy atom. The van der Waals surface area contributed by atoms with Crippen molar-refractivity contribution in [2.45, 2.75) is 20.8 Å². The van der Waals surface area contributed by atoms with Crippen molar-refractivity contribution in [2.75, 3.05) is 5.32 Å². The van der Waals surface area contributed by atoms with Gasteiger partial charge in [-0.2, -0.15) is 0 Å². The third-order valence-corrected chi connectivity index (χ3v) is 2.03. The molecule has 0 fully saturated rings. The number of nitrogens with one attached hydrogen (secondary N) is 1. The molecule has 74 valence electrons. The van der Waals surface area contributed by atoms with E-state index >= 15 is 0 Å². The average molecular weight is 189 g/mol. The Bertz CT molecular complexity index is 380. The van der Waals surface area contributed by atoms with E-state index in [9.17, 15) is 4.79 Å². The molecule has 0 aliphatic rings. The number of hydrogen-bond donors (Lipinski definition) is 1. The Balaban J connectivity index is 3.01. The van der Waals surface area contributed by atoms with Crippen LogP contribution in [0.3, 0.4) is 0 Å². The van der Waals surface area contributed by atoms with Crippen LogP contribution in [0.5, 0.6) is 0 Å². The van der Waals surface area contributed by atoms with Crippen LogP contribution in [0.25, 0.3) is 5.57 Å². The molecule has 0 saturated heterocycles. The average Bonchev–Trinajstić information content (AvgIpc) is 2.07. The molecule has 0 bridgehead atoms. The zero-order valence-corrected chi connectivity index (χ0v) is 8.85. The molecule has 0 saturated carbocycles. The monoisotopic (exact) mass is 189 g/mol. The fraction of sp³-hybridized carbons (Fsp3) is 0.250. The van der Waals surface area contributed by atoms with E-state index in [1.54, 1.807) is 0 Å².